The Morgan fingerprint density at radius 3 is 2.59 bits per heavy atom. The van der Waals surface area contributed by atoms with E-state index in [4.69, 9.17) is 18.9 Å². The molecule has 0 saturated carbocycles. The SMILES string of the molecule is CCS(=O)(=O)N[C@]1(C#N)[C@@H](COCc2ccccc2)O[C@@H]2OC(C)(C)O[C@@H]21. The van der Waals surface area contributed by atoms with Crippen molar-refractivity contribution in [3.8, 4) is 6.07 Å². The van der Waals surface area contributed by atoms with Crippen LogP contribution in [0.4, 0.5) is 0 Å². The molecule has 0 aromatic heterocycles. The summed E-state index contributed by atoms with van der Waals surface area (Å²) in [5.74, 6) is -1.15. The maximum atomic E-state index is 12.3. The van der Waals surface area contributed by atoms with Crippen molar-refractivity contribution in [2.24, 2.45) is 0 Å². The lowest BCUT2D eigenvalue weighted by molar-refractivity contribution is -0.215. The van der Waals surface area contributed by atoms with E-state index in [-0.39, 0.29) is 12.4 Å². The van der Waals surface area contributed by atoms with Crippen LogP contribution in [0.15, 0.2) is 30.3 Å². The average Bonchev–Trinajstić information content (AvgIpc) is 3.07. The first kappa shape index (κ1) is 20.2. The molecule has 27 heavy (non-hydrogen) atoms. The van der Waals surface area contributed by atoms with Crippen molar-refractivity contribution in [1.29, 1.82) is 5.26 Å². The Labute approximate surface area is 159 Å². The van der Waals surface area contributed by atoms with Gasteiger partial charge in [-0.2, -0.15) is 9.98 Å². The zero-order valence-corrected chi connectivity index (χ0v) is 16.4. The van der Waals surface area contributed by atoms with Crippen LogP contribution < -0.4 is 4.72 Å². The fourth-order valence-electron chi connectivity index (χ4n) is 3.23. The molecule has 1 aromatic rings. The van der Waals surface area contributed by atoms with Crippen LogP contribution in [0, 0.1) is 11.3 Å². The molecule has 0 amide bonds. The molecule has 1 N–H and O–H groups in total. The number of ether oxygens (including phenoxy) is 4. The maximum absolute atomic E-state index is 12.3. The number of nitrogens with one attached hydrogen (secondary N) is 1. The molecule has 1 aromatic carbocycles. The van der Waals surface area contributed by atoms with Gasteiger partial charge in [-0.15, -0.1) is 0 Å². The summed E-state index contributed by atoms with van der Waals surface area (Å²) < 4.78 is 50.0. The van der Waals surface area contributed by atoms with Crippen molar-refractivity contribution in [3.05, 3.63) is 35.9 Å². The Balaban J connectivity index is 1.80. The van der Waals surface area contributed by atoms with Crippen LogP contribution in [0.2, 0.25) is 0 Å². The topological polar surface area (TPSA) is 107 Å². The van der Waals surface area contributed by atoms with Gasteiger partial charge < -0.3 is 18.9 Å². The molecule has 0 aliphatic carbocycles. The Hall–Kier alpha value is -1.54. The zero-order chi connectivity index (χ0) is 19.7. The molecule has 2 fully saturated rings. The van der Waals surface area contributed by atoms with Crippen molar-refractivity contribution in [2.45, 2.75) is 57.2 Å². The highest BCUT2D eigenvalue weighted by Gasteiger charge is 2.65. The number of hydrogen-bond donors (Lipinski definition) is 1. The molecular weight excluding hydrogens is 372 g/mol. The minimum Gasteiger partial charge on any atom is -0.374 e. The molecule has 0 radical (unpaired) electrons. The molecule has 9 heteroatoms. The van der Waals surface area contributed by atoms with Crippen LogP contribution in [-0.4, -0.2) is 50.6 Å². The minimum absolute atomic E-state index is 0.00877. The number of benzene rings is 1. The largest absolute Gasteiger partial charge is 0.374 e. The van der Waals surface area contributed by atoms with E-state index in [0.29, 0.717) is 6.61 Å². The molecule has 2 heterocycles. The van der Waals surface area contributed by atoms with Crippen LogP contribution in [0.3, 0.4) is 0 Å². The molecule has 0 unspecified atom stereocenters. The van der Waals surface area contributed by atoms with E-state index in [9.17, 15) is 13.7 Å². The van der Waals surface area contributed by atoms with Gasteiger partial charge in [0.25, 0.3) is 0 Å². The van der Waals surface area contributed by atoms with Gasteiger partial charge in [0, 0.05) is 0 Å². The molecule has 0 spiro atoms. The highest BCUT2D eigenvalue weighted by Crippen LogP contribution is 2.43. The molecule has 4 atom stereocenters. The Kier molecular flexibility index (Phi) is 5.59. The average molecular weight is 396 g/mol. The van der Waals surface area contributed by atoms with Gasteiger partial charge in [-0.3, -0.25) is 0 Å². The van der Waals surface area contributed by atoms with E-state index in [1.165, 1.54) is 6.92 Å². The summed E-state index contributed by atoms with van der Waals surface area (Å²) in [5.41, 5.74) is -0.676. The summed E-state index contributed by atoms with van der Waals surface area (Å²) >= 11 is 0. The van der Waals surface area contributed by atoms with Gasteiger partial charge in [-0.05, 0) is 26.3 Å². The molecule has 3 rings (SSSR count). The predicted molar refractivity (Wildman–Crippen MR) is 95.7 cm³/mol. The molecule has 0 bridgehead atoms. The smallest absolute Gasteiger partial charge is 0.212 e. The molecular formula is C18H24N2O6S. The molecule has 148 valence electrons. The maximum Gasteiger partial charge on any atom is 0.212 e. The first-order valence-corrected chi connectivity index (χ1v) is 10.4. The fraction of sp³-hybridized carbons (Fsp3) is 0.611. The second kappa shape index (κ2) is 7.47. The van der Waals surface area contributed by atoms with Gasteiger partial charge in [-0.25, -0.2) is 8.42 Å². The van der Waals surface area contributed by atoms with Gasteiger partial charge in [0.2, 0.25) is 10.0 Å². The van der Waals surface area contributed by atoms with Crippen molar-refractivity contribution in [2.75, 3.05) is 12.4 Å². The van der Waals surface area contributed by atoms with Crippen molar-refractivity contribution in [1.82, 2.24) is 4.72 Å². The number of fused-ring (bicyclic) bond motifs is 1. The number of rotatable bonds is 7. The van der Waals surface area contributed by atoms with Crippen LogP contribution in [0.25, 0.3) is 0 Å². The Morgan fingerprint density at radius 2 is 1.96 bits per heavy atom. The van der Waals surface area contributed by atoms with Crippen molar-refractivity contribution in [3.63, 3.8) is 0 Å². The van der Waals surface area contributed by atoms with Crippen molar-refractivity contribution < 1.29 is 27.4 Å². The third-order valence-electron chi connectivity index (χ3n) is 4.58. The Morgan fingerprint density at radius 1 is 1.26 bits per heavy atom. The highest BCUT2D eigenvalue weighted by atomic mass is 32.2. The van der Waals surface area contributed by atoms with Crippen molar-refractivity contribution >= 4 is 10.0 Å². The monoisotopic (exact) mass is 396 g/mol. The standard InChI is InChI=1S/C18H24N2O6S/c1-4-27(21,22)20-18(12-19)14(11-23-10-13-8-6-5-7-9-13)24-16-15(18)25-17(2,3)26-16/h5-9,14-16,20H,4,10-11H2,1-3H3/t14-,15+,16-,18-/m1/s1. The summed E-state index contributed by atoms with van der Waals surface area (Å²) in [7, 11) is -3.70. The third kappa shape index (κ3) is 4.16. The molecule has 8 nitrogen and oxygen atoms in total. The second-order valence-electron chi connectivity index (χ2n) is 7.04. The number of hydrogen-bond acceptors (Lipinski definition) is 7. The van der Waals surface area contributed by atoms with Crippen LogP contribution >= 0.6 is 0 Å². The summed E-state index contributed by atoms with van der Waals surface area (Å²) in [6.07, 6.45) is -2.63. The number of nitriles is 1. The number of nitrogens with zero attached hydrogens (tertiary/aromatic N) is 1. The van der Waals surface area contributed by atoms with Gasteiger partial charge in [0.15, 0.2) is 17.6 Å². The quantitative estimate of drug-likeness (QED) is 0.740. The lowest BCUT2D eigenvalue weighted by Crippen LogP contribution is -2.61. The van der Waals surface area contributed by atoms with E-state index in [1.54, 1.807) is 13.8 Å². The molecule has 2 aliphatic rings. The first-order chi connectivity index (χ1) is 12.7. The Bertz CT molecular complexity index is 807. The van der Waals surface area contributed by atoms with Gasteiger partial charge in [-0.1, -0.05) is 30.3 Å². The van der Waals surface area contributed by atoms with Gasteiger partial charge in [0.05, 0.1) is 25.0 Å². The lowest BCUT2D eigenvalue weighted by Gasteiger charge is -2.32. The van der Waals surface area contributed by atoms with Crippen LogP contribution in [-0.2, 0) is 35.6 Å². The van der Waals surface area contributed by atoms with E-state index in [2.05, 4.69) is 10.8 Å². The normalized spacial score (nSPS) is 32.1. The van der Waals surface area contributed by atoms with E-state index < -0.39 is 39.8 Å². The fourth-order valence-corrected chi connectivity index (χ4v) is 4.18. The first-order valence-electron chi connectivity index (χ1n) is 8.77. The van der Waals surface area contributed by atoms with E-state index in [0.717, 1.165) is 5.56 Å². The van der Waals surface area contributed by atoms with Gasteiger partial charge >= 0.3 is 0 Å². The summed E-state index contributed by atoms with van der Waals surface area (Å²) in [5, 5.41) is 9.93. The summed E-state index contributed by atoms with van der Waals surface area (Å²) in [4.78, 5) is 0. The van der Waals surface area contributed by atoms with E-state index in [1.807, 2.05) is 30.3 Å². The third-order valence-corrected chi connectivity index (χ3v) is 5.99. The molecule has 2 aliphatic heterocycles. The summed E-state index contributed by atoms with van der Waals surface area (Å²) in [6, 6.07) is 11.6. The predicted octanol–water partition coefficient (Wildman–Crippen LogP) is 1.28. The van der Waals surface area contributed by atoms with E-state index >= 15 is 0 Å². The van der Waals surface area contributed by atoms with Crippen LogP contribution in [0.5, 0.6) is 0 Å². The zero-order valence-electron chi connectivity index (χ0n) is 15.5. The highest BCUT2D eigenvalue weighted by molar-refractivity contribution is 7.89. The summed E-state index contributed by atoms with van der Waals surface area (Å²) in [6.45, 7) is 5.19. The number of sulfonamides is 1. The minimum atomic E-state index is -3.70. The second-order valence-corrected chi connectivity index (χ2v) is 9.05. The van der Waals surface area contributed by atoms with Gasteiger partial charge in [0.1, 0.15) is 12.2 Å². The van der Waals surface area contributed by atoms with Crippen LogP contribution in [0.1, 0.15) is 26.3 Å². The molecule has 2 saturated heterocycles. The lowest BCUT2D eigenvalue weighted by atomic mass is 9.91.